The van der Waals surface area contributed by atoms with E-state index in [1.165, 1.54) is 19.3 Å². The smallest absolute Gasteiger partial charge is 0.0651 e. The van der Waals surface area contributed by atoms with Gasteiger partial charge in [-0.3, -0.25) is 0 Å². The SMILES string of the molecule is COCC(C)CC1(O)CCCCC1. The number of methoxy groups -OCH3 is 1. The van der Waals surface area contributed by atoms with Crippen molar-refractivity contribution < 1.29 is 9.84 Å². The van der Waals surface area contributed by atoms with E-state index in [4.69, 9.17) is 4.74 Å². The molecule has 0 aliphatic heterocycles. The molecule has 0 heterocycles. The van der Waals surface area contributed by atoms with Crippen molar-refractivity contribution in [3.63, 3.8) is 0 Å². The Labute approximate surface area is 81.3 Å². The van der Waals surface area contributed by atoms with Crippen LogP contribution in [0.25, 0.3) is 0 Å². The van der Waals surface area contributed by atoms with Gasteiger partial charge in [-0.15, -0.1) is 0 Å². The van der Waals surface area contributed by atoms with Gasteiger partial charge in [0, 0.05) is 13.7 Å². The minimum Gasteiger partial charge on any atom is -0.390 e. The van der Waals surface area contributed by atoms with E-state index in [-0.39, 0.29) is 5.60 Å². The molecular weight excluding hydrogens is 164 g/mol. The molecule has 0 saturated heterocycles. The summed E-state index contributed by atoms with van der Waals surface area (Å²) in [5.74, 6) is 0.480. The number of aliphatic hydroxyl groups is 1. The first-order valence-corrected chi connectivity index (χ1v) is 5.38. The van der Waals surface area contributed by atoms with E-state index >= 15 is 0 Å². The molecule has 0 bridgehead atoms. The monoisotopic (exact) mass is 186 g/mol. The minimum absolute atomic E-state index is 0.379. The Kier molecular flexibility index (Phi) is 4.20. The summed E-state index contributed by atoms with van der Waals surface area (Å²) >= 11 is 0. The average Bonchev–Trinajstić information content (AvgIpc) is 2.04. The summed E-state index contributed by atoms with van der Waals surface area (Å²) in [5, 5.41) is 10.2. The van der Waals surface area contributed by atoms with E-state index in [0.717, 1.165) is 25.9 Å². The van der Waals surface area contributed by atoms with Crippen molar-refractivity contribution in [2.24, 2.45) is 5.92 Å². The standard InChI is InChI=1S/C11H22O2/c1-10(9-13-2)8-11(12)6-4-3-5-7-11/h10,12H,3-9H2,1-2H3. The first kappa shape index (κ1) is 11.0. The molecule has 0 amide bonds. The van der Waals surface area contributed by atoms with E-state index in [9.17, 15) is 5.11 Å². The second kappa shape index (κ2) is 4.97. The van der Waals surface area contributed by atoms with Crippen LogP contribution in [0.3, 0.4) is 0 Å². The van der Waals surface area contributed by atoms with Crippen molar-refractivity contribution in [2.75, 3.05) is 13.7 Å². The second-order valence-electron chi connectivity index (χ2n) is 4.55. The molecular formula is C11H22O2. The molecule has 0 radical (unpaired) electrons. The van der Waals surface area contributed by atoms with Gasteiger partial charge in [0.25, 0.3) is 0 Å². The predicted octanol–water partition coefficient (Wildman–Crippen LogP) is 2.35. The predicted molar refractivity (Wildman–Crippen MR) is 53.7 cm³/mol. The molecule has 1 rings (SSSR count). The fraction of sp³-hybridized carbons (Fsp3) is 1.00. The Hall–Kier alpha value is -0.0800. The maximum absolute atomic E-state index is 10.2. The summed E-state index contributed by atoms with van der Waals surface area (Å²) in [6.07, 6.45) is 6.55. The number of ether oxygens (including phenoxy) is 1. The zero-order valence-corrected chi connectivity index (χ0v) is 8.88. The first-order valence-electron chi connectivity index (χ1n) is 5.38. The highest BCUT2D eigenvalue weighted by Gasteiger charge is 2.30. The Morgan fingerprint density at radius 2 is 1.92 bits per heavy atom. The van der Waals surface area contributed by atoms with Crippen LogP contribution in [0.1, 0.15) is 45.4 Å². The molecule has 2 heteroatoms. The number of hydrogen-bond donors (Lipinski definition) is 1. The summed E-state index contributed by atoms with van der Waals surface area (Å²) < 4.78 is 5.08. The van der Waals surface area contributed by atoms with Gasteiger partial charge in [0.1, 0.15) is 0 Å². The molecule has 2 nitrogen and oxygen atoms in total. The normalized spacial score (nSPS) is 24.2. The second-order valence-corrected chi connectivity index (χ2v) is 4.55. The van der Waals surface area contributed by atoms with Crippen molar-refractivity contribution >= 4 is 0 Å². The molecule has 1 fully saturated rings. The molecule has 0 aromatic carbocycles. The lowest BCUT2D eigenvalue weighted by Gasteiger charge is -2.34. The van der Waals surface area contributed by atoms with E-state index in [1.807, 2.05) is 0 Å². The molecule has 1 aliphatic carbocycles. The van der Waals surface area contributed by atoms with E-state index in [0.29, 0.717) is 5.92 Å². The highest BCUT2D eigenvalue weighted by Crippen LogP contribution is 2.33. The molecule has 78 valence electrons. The topological polar surface area (TPSA) is 29.5 Å². The van der Waals surface area contributed by atoms with Gasteiger partial charge in [-0.1, -0.05) is 26.2 Å². The van der Waals surface area contributed by atoms with Gasteiger partial charge >= 0.3 is 0 Å². The van der Waals surface area contributed by atoms with Crippen molar-refractivity contribution in [3.8, 4) is 0 Å². The van der Waals surface area contributed by atoms with Gasteiger partial charge < -0.3 is 9.84 Å². The van der Waals surface area contributed by atoms with Crippen LogP contribution in [-0.2, 0) is 4.74 Å². The fourth-order valence-corrected chi connectivity index (χ4v) is 2.41. The molecule has 1 aliphatic rings. The van der Waals surface area contributed by atoms with Crippen molar-refractivity contribution in [2.45, 2.75) is 51.0 Å². The van der Waals surface area contributed by atoms with E-state index in [1.54, 1.807) is 7.11 Å². The lowest BCUT2D eigenvalue weighted by atomic mass is 9.79. The van der Waals surface area contributed by atoms with Crippen molar-refractivity contribution in [1.82, 2.24) is 0 Å². The maximum atomic E-state index is 10.2. The molecule has 13 heavy (non-hydrogen) atoms. The van der Waals surface area contributed by atoms with Gasteiger partial charge in [-0.2, -0.15) is 0 Å². The largest absolute Gasteiger partial charge is 0.390 e. The van der Waals surface area contributed by atoms with Crippen LogP contribution < -0.4 is 0 Å². The van der Waals surface area contributed by atoms with Crippen LogP contribution in [0.2, 0.25) is 0 Å². The van der Waals surface area contributed by atoms with Crippen LogP contribution >= 0.6 is 0 Å². The first-order chi connectivity index (χ1) is 6.16. The summed E-state index contributed by atoms with van der Waals surface area (Å²) in [6, 6.07) is 0. The van der Waals surface area contributed by atoms with Crippen LogP contribution in [0.15, 0.2) is 0 Å². The third kappa shape index (κ3) is 3.65. The third-order valence-electron chi connectivity index (χ3n) is 2.96. The summed E-state index contributed by atoms with van der Waals surface area (Å²) in [4.78, 5) is 0. The Balaban J connectivity index is 2.31. The fourth-order valence-electron chi connectivity index (χ4n) is 2.41. The Bertz CT molecular complexity index is 139. The molecule has 1 atom stereocenters. The third-order valence-corrected chi connectivity index (χ3v) is 2.96. The lowest BCUT2D eigenvalue weighted by molar-refractivity contribution is -0.0244. The Morgan fingerprint density at radius 3 is 2.46 bits per heavy atom. The number of rotatable bonds is 4. The van der Waals surface area contributed by atoms with Crippen LogP contribution in [0, 0.1) is 5.92 Å². The lowest BCUT2D eigenvalue weighted by Crippen LogP contribution is -2.34. The van der Waals surface area contributed by atoms with E-state index < -0.39 is 0 Å². The van der Waals surface area contributed by atoms with Gasteiger partial charge in [0.05, 0.1) is 5.60 Å². The van der Waals surface area contributed by atoms with Gasteiger partial charge in [-0.25, -0.2) is 0 Å². The molecule has 1 N–H and O–H groups in total. The summed E-state index contributed by atoms with van der Waals surface area (Å²) in [7, 11) is 1.72. The van der Waals surface area contributed by atoms with Gasteiger partial charge in [-0.05, 0) is 25.2 Å². The molecule has 1 saturated carbocycles. The minimum atomic E-state index is -0.379. The highest BCUT2D eigenvalue weighted by molar-refractivity contribution is 4.83. The Morgan fingerprint density at radius 1 is 1.31 bits per heavy atom. The highest BCUT2D eigenvalue weighted by atomic mass is 16.5. The zero-order valence-electron chi connectivity index (χ0n) is 8.88. The average molecular weight is 186 g/mol. The van der Waals surface area contributed by atoms with Crippen molar-refractivity contribution in [3.05, 3.63) is 0 Å². The molecule has 0 spiro atoms. The zero-order chi connectivity index (χ0) is 9.73. The van der Waals surface area contributed by atoms with E-state index in [2.05, 4.69) is 6.92 Å². The van der Waals surface area contributed by atoms with Gasteiger partial charge in [0.2, 0.25) is 0 Å². The molecule has 0 aromatic heterocycles. The number of hydrogen-bond acceptors (Lipinski definition) is 2. The van der Waals surface area contributed by atoms with Gasteiger partial charge in [0.15, 0.2) is 0 Å². The summed E-state index contributed by atoms with van der Waals surface area (Å²) in [5.41, 5.74) is -0.379. The quantitative estimate of drug-likeness (QED) is 0.730. The van der Waals surface area contributed by atoms with Crippen molar-refractivity contribution in [1.29, 1.82) is 0 Å². The van der Waals surface area contributed by atoms with Crippen LogP contribution in [0.5, 0.6) is 0 Å². The molecule has 0 aromatic rings. The summed E-state index contributed by atoms with van der Waals surface area (Å²) in [6.45, 7) is 2.92. The molecule has 1 unspecified atom stereocenters. The van der Waals surface area contributed by atoms with Crippen LogP contribution in [-0.4, -0.2) is 24.4 Å². The maximum Gasteiger partial charge on any atom is 0.0651 e. The van der Waals surface area contributed by atoms with Crippen LogP contribution in [0.4, 0.5) is 0 Å².